The van der Waals surface area contributed by atoms with Crippen molar-refractivity contribution in [2.75, 3.05) is 0 Å². The fourth-order valence-corrected chi connectivity index (χ4v) is 8.80. The first-order valence-electron chi connectivity index (χ1n) is 18.4. The van der Waals surface area contributed by atoms with Crippen LogP contribution in [-0.4, -0.2) is 9.13 Å². The van der Waals surface area contributed by atoms with Crippen molar-refractivity contribution in [3.05, 3.63) is 169 Å². The number of hydrogen-bond acceptors (Lipinski definition) is 4. The van der Waals surface area contributed by atoms with Crippen molar-refractivity contribution in [3.63, 3.8) is 0 Å². The Labute approximate surface area is 318 Å². The number of fused-ring (bicyclic) bond motifs is 12. The van der Waals surface area contributed by atoms with Gasteiger partial charge in [-0.15, -0.1) is 0 Å². The maximum Gasteiger partial charge on any atom is 0.135 e. The van der Waals surface area contributed by atoms with Crippen molar-refractivity contribution < 1.29 is 8.83 Å². The number of furan rings is 2. The lowest BCUT2D eigenvalue weighted by Gasteiger charge is -2.08. The minimum atomic E-state index is 0.576. The van der Waals surface area contributed by atoms with E-state index in [1.165, 1.54) is 21.8 Å². The molecule has 0 aliphatic carbocycles. The smallest absolute Gasteiger partial charge is 0.135 e. The number of hydrogen-bond donors (Lipinski definition) is 0. The van der Waals surface area contributed by atoms with E-state index in [2.05, 4.69) is 124 Å². The van der Waals surface area contributed by atoms with Gasteiger partial charge in [0.1, 0.15) is 22.3 Å². The molecule has 0 saturated carbocycles. The van der Waals surface area contributed by atoms with Crippen LogP contribution in [0.15, 0.2) is 167 Å². The minimum absolute atomic E-state index is 0.576. The Morgan fingerprint density at radius 3 is 1.20 bits per heavy atom. The van der Waals surface area contributed by atoms with Crippen LogP contribution in [0, 0.1) is 22.7 Å². The summed E-state index contributed by atoms with van der Waals surface area (Å²) in [5.74, 6) is 0. The molecule has 0 bridgehead atoms. The van der Waals surface area contributed by atoms with Crippen LogP contribution in [0.5, 0.6) is 0 Å². The monoisotopic (exact) mass is 714 g/mol. The highest BCUT2D eigenvalue weighted by Gasteiger charge is 2.18. The molecule has 0 N–H and O–H groups in total. The molecule has 258 valence electrons. The quantitative estimate of drug-likeness (QED) is 0.182. The summed E-state index contributed by atoms with van der Waals surface area (Å²) in [6, 6.07) is 58.6. The van der Waals surface area contributed by atoms with Gasteiger partial charge in [-0.3, -0.25) is 0 Å². The molecule has 0 amide bonds. The van der Waals surface area contributed by atoms with E-state index in [0.29, 0.717) is 11.1 Å². The summed E-state index contributed by atoms with van der Waals surface area (Å²) in [7, 11) is 0. The van der Waals surface area contributed by atoms with Gasteiger partial charge in [0.2, 0.25) is 0 Å². The van der Waals surface area contributed by atoms with E-state index in [1.807, 2.05) is 54.6 Å². The van der Waals surface area contributed by atoms with Gasteiger partial charge in [0.25, 0.3) is 0 Å². The van der Waals surface area contributed by atoms with Crippen molar-refractivity contribution >= 4 is 87.5 Å². The number of para-hydroxylation sites is 2. The summed E-state index contributed by atoms with van der Waals surface area (Å²) >= 11 is 0. The molecule has 0 atom stereocenters. The van der Waals surface area contributed by atoms with Gasteiger partial charge in [0.15, 0.2) is 0 Å². The molecule has 0 saturated heterocycles. The average molecular weight is 715 g/mol. The maximum absolute atomic E-state index is 9.77. The molecule has 6 nitrogen and oxygen atoms in total. The first-order chi connectivity index (χ1) is 27.6. The summed E-state index contributed by atoms with van der Waals surface area (Å²) in [5.41, 5.74) is 12.7. The van der Waals surface area contributed by atoms with Gasteiger partial charge in [0, 0.05) is 54.5 Å². The van der Waals surface area contributed by atoms with E-state index in [4.69, 9.17) is 8.83 Å². The second kappa shape index (κ2) is 11.2. The highest BCUT2D eigenvalue weighted by atomic mass is 16.3. The Morgan fingerprint density at radius 1 is 0.339 bits per heavy atom. The summed E-state index contributed by atoms with van der Waals surface area (Å²) in [6.45, 7) is 0. The van der Waals surface area contributed by atoms with E-state index < -0.39 is 0 Å². The molecule has 12 rings (SSSR count). The Hall–Kier alpha value is -8.06. The molecule has 0 radical (unpaired) electrons. The normalized spacial score (nSPS) is 11.9. The molecule has 4 aromatic heterocycles. The van der Waals surface area contributed by atoms with E-state index >= 15 is 0 Å². The second-order valence-corrected chi connectivity index (χ2v) is 14.4. The molecular formula is C50H26N4O2. The Bertz CT molecular complexity index is 3620. The standard InChI is InChI=1S/C50H26N4O2/c51-27-29-9-15-37-38-16-10-30(28-52)22-46(38)54(45(37)21-29)34-14-20-50-42(26-34)40-24-32(12-18-48(40)56-50)31-11-17-47-39(23-31)41-25-33(13-19-49(41)55-47)53-43-7-3-1-5-35(43)36-6-2-4-8-44(36)53/h1-26H. The van der Waals surface area contributed by atoms with Crippen molar-refractivity contribution in [2.24, 2.45) is 0 Å². The summed E-state index contributed by atoms with van der Waals surface area (Å²) in [5, 5.41) is 28.1. The lowest BCUT2D eigenvalue weighted by molar-refractivity contribution is 0.668. The Balaban J connectivity index is 1.02. The van der Waals surface area contributed by atoms with Gasteiger partial charge in [-0.2, -0.15) is 10.5 Å². The zero-order valence-electron chi connectivity index (χ0n) is 29.6. The molecule has 0 spiro atoms. The Kier molecular flexibility index (Phi) is 6.10. The summed E-state index contributed by atoms with van der Waals surface area (Å²) in [6.07, 6.45) is 0. The van der Waals surface area contributed by atoms with E-state index in [9.17, 15) is 10.5 Å². The predicted molar refractivity (Wildman–Crippen MR) is 225 cm³/mol. The largest absolute Gasteiger partial charge is 0.456 e. The zero-order chi connectivity index (χ0) is 37.1. The first-order valence-corrected chi connectivity index (χ1v) is 18.4. The maximum atomic E-state index is 9.77. The first kappa shape index (κ1) is 30.4. The van der Waals surface area contributed by atoms with E-state index in [-0.39, 0.29) is 0 Å². The third-order valence-corrected chi connectivity index (χ3v) is 11.4. The lowest BCUT2D eigenvalue weighted by atomic mass is 10.0. The number of nitriles is 2. The third-order valence-electron chi connectivity index (χ3n) is 11.4. The third kappa shape index (κ3) is 4.24. The van der Waals surface area contributed by atoms with Crippen LogP contribution < -0.4 is 0 Å². The van der Waals surface area contributed by atoms with Gasteiger partial charge in [-0.05, 0) is 108 Å². The van der Waals surface area contributed by atoms with Crippen LogP contribution >= 0.6 is 0 Å². The Morgan fingerprint density at radius 2 is 0.732 bits per heavy atom. The molecule has 0 unspecified atom stereocenters. The van der Waals surface area contributed by atoms with Gasteiger partial charge in [-0.1, -0.05) is 60.7 Å². The average Bonchev–Trinajstić information content (AvgIpc) is 3.99. The van der Waals surface area contributed by atoms with Gasteiger partial charge in [0.05, 0.1) is 45.3 Å². The summed E-state index contributed by atoms with van der Waals surface area (Å²) < 4.78 is 17.2. The number of rotatable bonds is 3. The number of benzene rings is 8. The van der Waals surface area contributed by atoms with Crippen molar-refractivity contribution in [2.45, 2.75) is 0 Å². The van der Waals surface area contributed by atoms with Crippen molar-refractivity contribution in [3.8, 4) is 34.6 Å². The molecular weight excluding hydrogens is 689 g/mol. The van der Waals surface area contributed by atoms with Crippen LogP contribution in [0.25, 0.3) is 110 Å². The fourth-order valence-electron chi connectivity index (χ4n) is 8.80. The lowest BCUT2D eigenvalue weighted by Crippen LogP contribution is -1.94. The topological polar surface area (TPSA) is 83.7 Å². The molecule has 0 aliphatic rings. The van der Waals surface area contributed by atoms with Crippen LogP contribution in [0.3, 0.4) is 0 Å². The molecule has 56 heavy (non-hydrogen) atoms. The molecule has 8 aromatic carbocycles. The molecule has 6 heteroatoms. The molecule has 0 fully saturated rings. The molecule has 4 heterocycles. The van der Waals surface area contributed by atoms with Crippen LogP contribution in [0.2, 0.25) is 0 Å². The highest BCUT2D eigenvalue weighted by Crippen LogP contribution is 2.40. The van der Waals surface area contributed by atoms with Gasteiger partial charge < -0.3 is 18.0 Å². The van der Waals surface area contributed by atoms with Crippen LogP contribution in [-0.2, 0) is 0 Å². The van der Waals surface area contributed by atoms with Crippen LogP contribution in [0.4, 0.5) is 0 Å². The van der Waals surface area contributed by atoms with Crippen molar-refractivity contribution in [1.82, 2.24) is 9.13 Å². The second-order valence-electron chi connectivity index (χ2n) is 14.4. The van der Waals surface area contributed by atoms with E-state index in [0.717, 1.165) is 88.2 Å². The number of nitrogens with zero attached hydrogens (tertiary/aromatic N) is 4. The predicted octanol–water partition coefficient (Wildman–Crippen LogP) is 13.1. The summed E-state index contributed by atoms with van der Waals surface area (Å²) in [4.78, 5) is 0. The van der Waals surface area contributed by atoms with Crippen molar-refractivity contribution in [1.29, 1.82) is 10.5 Å². The number of aromatic nitrogens is 2. The molecule has 12 aromatic rings. The fraction of sp³-hybridized carbons (Fsp3) is 0. The SMILES string of the molecule is N#Cc1ccc2c3ccc(C#N)cc3n(-c3ccc4oc5ccc(-c6ccc7oc8ccc(-n9c%10ccccc%10c%10ccccc%109)cc8c7c6)cc5c4c3)c2c1. The van der Waals surface area contributed by atoms with Gasteiger partial charge >= 0.3 is 0 Å². The van der Waals surface area contributed by atoms with Crippen LogP contribution in [0.1, 0.15) is 11.1 Å². The zero-order valence-corrected chi connectivity index (χ0v) is 29.6. The highest BCUT2D eigenvalue weighted by molar-refractivity contribution is 6.13. The molecule has 0 aliphatic heterocycles. The van der Waals surface area contributed by atoms with E-state index in [1.54, 1.807) is 0 Å². The van der Waals surface area contributed by atoms with Gasteiger partial charge in [-0.25, -0.2) is 0 Å². The minimum Gasteiger partial charge on any atom is -0.456 e.